The Balaban J connectivity index is 2.69. The van der Waals surface area contributed by atoms with Crippen LogP contribution in [0.5, 0.6) is 0 Å². The van der Waals surface area contributed by atoms with E-state index in [4.69, 9.17) is 0 Å². The molecule has 0 aliphatic rings. The van der Waals surface area contributed by atoms with Gasteiger partial charge in [-0.2, -0.15) is 0 Å². The molecular formula is C15H25NO2S. The molecule has 0 spiro atoms. The van der Waals surface area contributed by atoms with Crippen molar-refractivity contribution < 1.29 is 8.42 Å². The summed E-state index contributed by atoms with van der Waals surface area (Å²) >= 11 is 0. The molecular weight excluding hydrogens is 258 g/mol. The van der Waals surface area contributed by atoms with Gasteiger partial charge in [0, 0.05) is 17.5 Å². The fourth-order valence-corrected chi connectivity index (χ4v) is 2.97. The maximum atomic E-state index is 11.5. The Morgan fingerprint density at radius 3 is 2.11 bits per heavy atom. The molecule has 0 saturated heterocycles. The van der Waals surface area contributed by atoms with Gasteiger partial charge in [-0.3, -0.25) is 0 Å². The first-order valence-corrected chi connectivity index (χ1v) is 8.53. The summed E-state index contributed by atoms with van der Waals surface area (Å²) in [6, 6.07) is 8.11. The van der Waals surface area contributed by atoms with E-state index in [1.807, 2.05) is 19.1 Å². The van der Waals surface area contributed by atoms with Crippen molar-refractivity contribution in [2.75, 3.05) is 16.8 Å². The third kappa shape index (κ3) is 5.23. The van der Waals surface area contributed by atoms with Crippen LogP contribution in [0.4, 0.5) is 5.69 Å². The minimum atomic E-state index is -2.93. The first-order chi connectivity index (χ1) is 8.64. The van der Waals surface area contributed by atoms with E-state index in [2.05, 4.69) is 38.2 Å². The van der Waals surface area contributed by atoms with Gasteiger partial charge < -0.3 is 5.32 Å². The van der Waals surface area contributed by atoms with Crippen molar-refractivity contribution in [3.63, 3.8) is 0 Å². The van der Waals surface area contributed by atoms with Crippen molar-refractivity contribution in [3.8, 4) is 0 Å². The van der Waals surface area contributed by atoms with Crippen LogP contribution in [-0.4, -0.2) is 26.0 Å². The second-order valence-electron chi connectivity index (χ2n) is 6.07. The van der Waals surface area contributed by atoms with Crippen molar-refractivity contribution in [1.82, 2.24) is 0 Å². The lowest BCUT2D eigenvalue weighted by Crippen LogP contribution is -2.26. The third-order valence-corrected chi connectivity index (χ3v) is 5.00. The molecule has 0 aliphatic heterocycles. The molecule has 1 atom stereocenters. The molecule has 0 bridgehead atoms. The first-order valence-electron chi connectivity index (χ1n) is 6.71. The second-order valence-corrected chi connectivity index (χ2v) is 8.47. The molecule has 0 fully saturated rings. The molecule has 1 rings (SSSR count). The molecule has 1 N–H and O–H groups in total. The molecule has 1 aromatic rings. The zero-order chi connectivity index (χ0) is 14.7. The van der Waals surface area contributed by atoms with Crippen LogP contribution in [0.2, 0.25) is 0 Å². The monoisotopic (exact) mass is 283 g/mol. The molecule has 0 aliphatic carbocycles. The SMILES string of the molecule is CCS(=O)(=O)CC(C)Nc1ccc(C(C)(C)C)cc1. The van der Waals surface area contributed by atoms with Gasteiger partial charge in [-0.05, 0) is 30.0 Å². The summed E-state index contributed by atoms with van der Waals surface area (Å²) in [7, 11) is -2.93. The van der Waals surface area contributed by atoms with Gasteiger partial charge in [0.1, 0.15) is 0 Å². The highest BCUT2D eigenvalue weighted by Gasteiger charge is 2.15. The Morgan fingerprint density at radius 2 is 1.68 bits per heavy atom. The highest BCUT2D eigenvalue weighted by Crippen LogP contribution is 2.23. The minimum Gasteiger partial charge on any atom is -0.382 e. The quantitative estimate of drug-likeness (QED) is 0.902. The van der Waals surface area contributed by atoms with Crippen LogP contribution in [0.25, 0.3) is 0 Å². The zero-order valence-corrected chi connectivity index (χ0v) is 13.3. The topological polar surface area (TPSA) is 46.2 Å². The van der Waals surface area contributed by atoms with E-state index in [0.29, 0.717) is 0 Å². The molecule has 108 valence electrons. The fourth-order valence-electron chi connectivity index (χ4n) is 1.89. The highest BCUT2D eigenvalue weighted by molar-refractivity contribution is 7.91. The zero-order valence-electron chi connectivity index (χ0n) is 12.5. The van der Waals surface area contributed by atoms with Crippen molar-refractivity contribution in [1.29, 1.82) is 0 Å². The van der Waals surface area contributed by atoms with Gasteiger partial charge >= 0.3 is 0 Å². The maximum absolute atomic E-state index is 11.5. The standard InChI is InChI=1S/C15H25NO2S/c1-6-19(17,18)11-12(2)16-14-9-7-13(8-10-14)15(3,4)5/h7-10,12,16H,6,11H2,1-5H3. The smallest absolute Gasteiger partial charge is 0.152 e. The molecule has 1 unspecified atom stereocenters. The molecule has 0 aromatic heterocycles. The molecule has 0 amide bonds. The maximum Gasteiger partial charge on any atom is 0.152 e. The summed E-state index contributed by atoms with van der Waals surface area (Å²) in [5, 5.41) is 3.23. The number of rotatable bonds is 5. The van der Waals surface area contributed by atoms with Gasteiger partial charge in [0.2, 0.25) is 0 Å². The Hall–Kier alpha value is -1.03. The molecule has 0 heterocycles. The van der Waals surface area contributed by atoms with E-state index in [1.165, 1.54) is 5.56 Å². The van der Waals surface area contributed by atoms with Crippen molar-refractivity contribution in [2.45, 2.75) is 46.1 Å². The second kappa shape index (κ2) is 5.95. The van der Waals surface area contributed by atoms with E-state index >= 15 is 0 Å². The number of sulfone groups is 1. The van der Waals surface area contributed by atoms with Crippen LogP contribution in [0, 0.1) is 0 Å². The number of hydrogen-bond donors (Lipinski definition) is 1. The van der Waals surface area contributed by atoms with Crippen molar-refractivity contribution in [3.05, 3.63) is 29.8 Å². The minimum absolute atomic E-state index is 0.0783. The van der Waals surface area contributed by atoms with Crippen LogP contribution in [0.15, 0.2) is 24.3 Å². The summed E-state index contributed by atoms with van der Waals surface area (Å²) in [6.07, 6.45) is 0. The number of nitrogens with one attached hydrogen (secondary N) is 1. The number of benzene rings is 1. The van der Waals surface area contributed by atoms with E-state index in [0.717, 1.165) is 5.69 Å². The van der Waals surface area contributed by atoms with Crippen LogP contribution >= 0.6 is 0 Å². The lowest BCUT2D eigenvalue weighted by atomic mass is 9.87. The molecule has 0 radical (unpaired) electrons. The van der Waals surface area contributed by atoms with Crippen LogP contribution in [-0.2, 0) is 15.3 Å². The van der Waals surface area contributed by atoms with E-state index in [1.54, 1.807) is 6.92 Å². The van der Waals surface area contributed by atoms with Crippen molar-refractivity contribution >= 4 is 15.5 Å². The highest BCUT2D eigenvalue weighted by atomic mass is 32.2. The Labute approximate surface area is 117 Å². The van der Waals surface area contributed by atoms with Crippen LogP contribution in [0.1, 0.15) is 40.2 Å². The third-order valence-electron chi connectivity index (χ3n) is 3.11. The lowest BCUT2D eigenvalue weighted by molar-refractivity contribution is 0.590. The van der Waals surface area contributed by atoms with Gasteiger partial charge in [-0.15, -0.1) is 0 Å². The first kappa shape index (κ1) is 16.0. The summed E-state index contributed by atoms with van der Waals surface area (Å²) in [4.78, 5) is 0. The van der Waals surface area contributed by atoms with Crippen LogP contribution in [0.3, 0.4) is 0 Å². The van der Waals surface area contributed by atoms with Gasteiger partial charge in [0.25, 0.3) is 0 Å². The molecule has 1 aromatic carbocycles. The molecule has 0 saturated carbocycles. The molecule has 19 heavy (non-hydrogen) atoms. The summed E-state index contributed by atoms with van der Waals surface area (Å²) in [5.74, 6) is 0.368. The summed E-state index contributed by atoms with van der Waals surface area (Å²) in [6.45, 7) is 10.1. The van der Waals surface area contributed by atoms with E-state index in [9.17, 15) is 8.42 Å². The van der Waals surface area contributed by atoms with Crippen LogP contribution < -0.4 is 5.32 Å². The summed E-state index contributed by atoms with van der Waals surface area (Å²) < 4.78 is 23.1. The number of hydrogen-bond acceptors (Lipinski definition) is 3. The van der Waals surface area contributed by atoms with E-state index in [-0.39, 0.29) is 23.0 Å². The Morgan fingerprint density at radius 1 is 1.16 bits per heavy atom. The largest absolute Gasteiger partial charge is 0.382 e. The van der Waals surface area contributed by atoms with Crippen molar-refractivity contribution in [2.24, 2.45) is 0 Å². The lowest BCUT2D eigenvalue weighted by Gasteiger charge is -2.20. The molecule has 3 nitrogen and oxygen atoms in total. The average Bonchev–Trinajstić information content (AvgIpc) is 2.27. The van der Waals surface area contributed by atoms with Gasteiger partial charge in [-0.25, -0.2) is 8.42 Å². The molecule has 4 heteroatoms. The number of anilines is 1. The predicted molar refractivity (Wildman–Crippen MR) is 82.6 cm³/mol. The summed E-state index contributed by atoms with van der Waals surface area (Å²) in [5.41, 5.74) is 2.37. The normalized spacial score (nSPS) is 14.2. The van der Waals surface area contributed by atoms with Gasteiger partial charge in [0.15, 0.2) is 9.84 Å². The fraction of sp³-hybridized carbons (Fsp3) is 0.600. The average molecular weight is 283 g/mol. The van der Waals surface area contributed by atoms with Gasteiger partial charge in [-0.1, -0.05) is 39.8 Å². The van der Waals surface area contributed by atoms with E-state index < -0.39 is 9.84 Å². The predicted octanol–water partition coefficient (Wildman–Crippen LogP) is 3.22. The Bertz CT molecular complexity index is 498. The Kier molecular flexibility index (Phi) is 5.02. The van der Waals surface area contributed by atoms with Gasteiger partial charge in [0.05, 0.1) is 5.75 Å².